The van der Waals surface area contributed by atoms with Crippen molar-refractivity contribution in [2.45, 2.75) is 36.6 Å². The van der Waals surface area contributed by atoms with Gasteiger partial charge in [0, 0.05) is 48.0 Å². The Balaban J connectivity index is 0.000000412. The summed E-state index contributed by atoms with van der Waals surface area (Å²) in [5.41, 5.74) is 5.40. The second-order valence-corrected chi connectivity index (χ2v) is 9.33. The standard InChI is InChI=1S/C18H31N5S.C6H5Cl/c1-21(24-18-7-3-2-4-8-18)12-5-6-13-22-14-9-17(10-15-22)23(20)16-11-19;7-6-4-2-1-3-5-6/h2-4,7-8,11,16-17H,5-6,9-10,12-15,19-20H2,1H3;1-5H/b16-11-;. The largest absolute Gasteiger partial charge is 0.403 e. The molecule has 0 bridgehead atoms. The van der Waals surface area contributed by atoms with Gasteiger partial charge in [-0.15, -0.1) is 0 Å². The molecule has 0 aromatic heterocycles. The van der Waals surface area contributed by atoms with Crippen molar-refractivity contribution in [3.8, 4) is 0 Å². The van der Waals surface area contributed by atoms with Gasteiger partial charge in [-0.1, -0.05) is 48.0 Å². The van der Waals surface area contributed by atoms with Gasteiger partial charge in [-0.25, -0.2) is 10.1 Å². The molecule has 170 valence electrons. The van der Waals surface area contributed by atoms with E-state index in [1.54, 1.807) is 11.2 Å². The zero-order valence-corrected chi connectivity index (χ0v) is 20.0. The molecular weight excluding hydrogens is 426 g/mol. The van der Waals surface area contributed by atoms with Gasteiger partial charge >= 0.3 is 0 Å². The van der Waals surface area contributed by atoms with Gasteiger partial charge in [-0.2, -0.15) is 0 Å². The fourth-order valence-corrected chi connectivity index (χ4v) is 4.46. The van der Waals surface area contributed by atoms with E-state index in [4.69, 9.17) is 23.2 Å². The average Bonchev–Trinajstić information content (AvgIpc) is 2.79. The van der Waals surface area contributed by atoms with Crippen molar-refractivity contribution in [1.29, 1.82) is 0 Å². The highest BCUT2D eigenvalue weighted by atomic mass is 35.5. The summed E-state index contributed by atoms with van der Waals surface area (Å²) in [7, 11) is 2.17. The summed E-state index contributed by atoms with van der Waals surface area (Å²) in [6, 6.07) is 20.4. The predicted molar refractivity (Wildman–Crippen MR) is 134 cm³/mol. The van der Waals surface area contributed by atoms with E-state index in [-0.39, 0.29) is 0 Å². The summed E-state index contributed by atoms with van der Waals surface area (Å²) in [5, 5.41) is 2.55. The van der Waals surface area contributed by atoms with Crippen LogP contribution in [0.5, 0.6) is 0 Å². The van der Waals surface area contributed by atoms with Crippen LogP contribution in [0, 0.1) is 0 Å². The second kappa shape index (κ2) is 15.2. The molecule has 0 aliphatic carbocycles. The first kappa shape index (κ1) is 25.6. The highest BCUT2D eigenvalue weighted by Crippen LogP contribution is 2.21. The third-order valence-corrected chi connectivity index (χ3v) is 6.40. The van der Waals surface area contributed by atoms with Crippen molar-refractivity contribution in [3.63, 3.8) is 0 Å². The molecule has 0 spiro atoms. The first-order valence-electron chi connectivity index (χ1n) is 10.9. The van der Waals surface area contributed by atoms with Crippen LogP contribution in [0.25, 0.3) is 0 Å². The molecule has 4 N–H and O–H groups in total. The molecule has 0 saturated carbocycles. The quantitative estimate of drug-likeness (QED) is 0.242. The summed E-state index contributed by atoms with van der Waals surface area (Å²) in [6.07, 6.45) is 7.99. The molecule has 1 fully saturated rings. The van der Waals surface area contributed by atoms with Crippen LogP contribution in [-0.4, -0.2) is 53.5 Å². The fraction of sp³-hybridized carbons (Fsp3) is 0.417. The summed E-state index contributed by atoms with van der Waals surface area (Å²) in [4.78, 5) is 3.86. The number of hydrogen-bond donors (Lipinski definition) is 2. The molecule has 1 saturated heterocycles. The van der Waals surface area contributed by atoms with Crippen LogP contribution < -0.4 is 11.6 Å². The summed E-state index contributed by atoms with van der Waals surface area (Å²) >= 11 is 7.36. The maximum atomic E-state index is 5.96. The monoisotopic (exact) mass is 461 g/mol. The van der Waals surface area contributed by atoms with Crippen LogP contribution >= 0.6 is 23.5 Å². The maximum Gasteiger partial charge on any atom is 0.0470 e. The number of hydrazine groups is 1. The zero-order valence-electron chi connectivity index (χ0n) is 18.4. The molecule has 0 radical (unpaired) electrons. The molecule has 7 heteroatoms. The first-order valence-corrected chi connectivity index (χ1v) is 12.0. The number of hydrogen-bond acceptors (Lipinski definition) is 6. The first-order chi connectivity index (χ1) is 15.1. The molecule has 31 heavy (non-hydrogen) atoms. The van der Waals surface area contributed by atoms with Gasteiger partial charge < -0.3 is 15.6 Å². The predicted octanol–water partition coefficient (Wildman–Crippen LogP) is 4.82. The van der Waals surface area contributed by atoms with Gasteiger partial charge in [0.05, 0.1) is 0 Å². The number of nitrogens with two attached hydrogens (primary N) is 2. The summed E-state index contributed by atoms with van der Waals surface area (Å²) in [6.45, 7) is 4.57. The molecule has 3 rings (SSSR count). The number of rotatable bonds is 9. The van der Waals surface area contributed by atoms with Crippen LogP contribution in [0.2, 0.25) is 5.02 Å². The lowest BCUT2D eigenvalue weighted by molar-refractivity contribution is 0.140. The lowest BCUT2D eigenvalue weighted by Gasteiger charge is -2.35. The van der Waals surface area contributed by atoms with Gasteiger partial charge in [0.25, 0.3) is 0 Å². The molecule has 1 aliphatic heterocycles. The molecule has 0 amide bonds. The Hall–Kier alpha value is -1.70. The van der Waals surface area contributed by atoms with Crippen LogP contribution in [0.4, 0.5) is 0 Å². The summed E-state index contributed by atoms with van der Waals surface area (Å²) in [5.74, 6) is 5.96. The summed E-state index contributed by atoms with van der Waals surface area (Å²) < 4.78 is 2.33. The van der Waals surface area contributed by atoms with Crippen molar-refractivity contribution < 1.29 is 0 Å². The van der Waals surface area contributed by atoms with Crippen LogP contribution in [0.1, 0.15) is 25.7 Å². The van der Waals surface area contributed by atoms with Gasteiger partial charge in [0.15, 0.2) is 0 Å². The molecule has 2 aromatic carbocycles. The Labute approximate surface area is 197 Å². The number of nitrogens with zero attached hydrogens (tertiary/aromatic N) is 3. The van der Waals surface area contributed by atoms with Crippen LogP contribution in [0.3, 0.4) is 0 Å². The lowest BCUT2D eigenvalue weighted by Crippen LogP contribution is -2.45. The normalized spacial score (nSPS) is 15.1. The van der Waals surface area contributed by atoms with E-state index in [1.165, 1.54) is 30.5 Å². The van der Waals surface area contributed by atoms with Gasteiger partial charge in [0.2, 0.25) is 0 Å². The fourth-order valence-electron chi connectivity index (χ4n) is 3.45. The minimum Gasteiger partial charge on any atom is -0.403 e. The molecule has 1 heterocycles. The Morgan fingerprint density at radius 1 is 1.03 bits per heavy atom. The minimum atomic E-state index is 0.425. The minimum absolute atomic E-state index is 0.425. The van der Waals surface area contributed by atoms with Crippen molar-refractivity contribution in [1.82, 2.24) is 14.2 Å². The van der Waals surface area contributed by atoms with Crippen molar-refractivity contribution in [3.05, 3.63) is 78.1 Å². The van der Waals surface area contributed by atoms with Gasteiger partial charge in [-0.3, -0.25) is 0 Å². The number of likely N-dealkylation sites (tertiary alicyclic amines) is 1. The number of piperidine rings is 1. The zero-order chi connectivity index (χ0) is 22.3. The van der Waals surface area contributed by atoms with E-state index in [9.17, 15) is 0 Å². The third-order valence-electron chi connectivity index (χ3n) is 5.17. The van der Waals surface area contributed by atoms with Crippen LogP contribution in [-0.2, 0) is 0 Å². The molecule has 1 aliphatic rings. The van der Waals surface area contributed by atoms with Gasteiger partial charge in [0.1, 0.15) is 0 Å². The van der Waals surface area contributed by atoms with Crippen molar-refractivity contribution >= 4 is 23.5 Å². The number of unbranched alkanes of at least 4 members (excludes halogenated alkanes) is 1. The second-order valence-electron chi connectivity index (χ2n) is 7.62. The maximum absolute atomic E-state index is 5.96. The van der Waals surface area contributed by atoms with E-state index in [0.717, 1.165) is 37.5 Å². The van der Waals surface area contributed by atoms with E-state index in [1.807, 2.05) is 42.3 Å². The van der Waals surface area contributed by atoms with Gasteiger partial charge in [-0.05, 0) is 75.5 Å². The highest BCUT2D eigenvalue weighted by Gasteiger charge is 2.21. The van der Waals surface area contributed by atoms with E-state index < -0.39 is 0 Å². The highest BCUT2D eigenvalue weighted by molar-refractivity contribution is 7.97. The molecule has 0 unspecified atom stereocenters. The smallest absolute Gasteiger partial charge is 0.0470 e. The third kappa shape index (κ3) is 10.9. The van der Waals surface area contributed by atoms with Crippen LogP contribution in [0.15, 0.2) is 78.0 Å². The molecule has 0 atom stereocenters. The Morgan fingerprint density at radius 2 is 1.65 bits per heavy atom. The van der Waals surface area contributed by atoms with Crippen molar-refractivity contribution in [2.24, 2.45) is 11.6 Å². The Morgan fingerprint density at radius 3 is 2.19 bits per heavy atom. The Bertz CT molecular complexity index is 723. The topological polar surface area (TPSA) is 61.8 Å². The lowest BCUT2D eigenvalue weighted by atomic mass is 10.0. The van der Waals surface area contributed by atoms with E-state index >= 15 is 0 Å². The Kier molecular flexibility index (Phi) is 12.5. The molecule has 2 aromatic rings. The number of halogens is 1. The molecule has 5 nitrogen and oxygen atoms in total. The molecular formula is C24H36ClN5S. The van der Waals surface area contributed by atoms with E-state index in [2.05, 4.69) is 46.6 Å². The van der Waals surface area contributed by atoms with E-state index in [0.29, 0.717) is 6.04 Å². The average molecular weight is 462 g/mol. The van der Waals surface area contributed by atoms with Crippen molar-refractivity contribution in [2.75, 3.05) is 33.2 Å². The SMILES string of the molecule is CN(CCCCN1CCC(N(N)/C=C\N)CC1)Sc1ccccc1.Clc1ccccc1. The number of benzene rings is 2.